The Labute approximate surface area is 134 Å². The van der Waals surface area contributed by atoms with Crippen LogP contribution in [0.15, 0.2) is 42.5 Å². The van der Waals surface area contributed by atoms with E-state index in [1.165, 1.54) is 24.3 Å². The topological polar surface area (TPSA) is 116 Å². The highest BCUT2D eigenvalue weighted by atomic mass is 17.2. The van der Waals surface area contributed by atoms with E-state index in [4.69, 9.17) is 9.84 Å². The number of hydrogen-bond acceptors (Lipinski definition) is 7. The fourth-order valence-corrected chi connectivity index (χ4v) is 2.01. The first-order valence-electron chi connectivity index (χ1n) is 6.58. The number of carbonyl (C=O) groups is 4. The van der Waals surface area contributed by atoms with Gasteiger partial charge in [-0.05, 0) is 36.4 Å². The Morgan fingerprint density at radius 1 is 0.792 bits per heavy atom. The molecule has 0 saturated heterocycles. The van der Waals surface area contributed by atoms with Gasteiger partial charge in [-0.1, -0.05) is 6.07 Å². The summed E-state index contributed by atoms with van der Waals surface area (Å²) < 4.78 is 5.06. The number of carboxylic acid groups (broad SMARTS) is 1. The Morgan fingerprint density at radius 2 is 1.38 bits per heavy atom. The molecule has 1 aliphatic heterocycles. The average molecular weight is 328 g/mol. The summed E-state index contributed by atoms with van der Waals surface area (Å²) in [5, 5.41) is 9.15. The fraction of sp³-hybridized carbons (Fsp3) is 0. The molecule has 0 radical (unpaired) electrons. The molecule has 0 atom stereocenters. The maximum absolute atomic E-state index is 12.2. The van der Waals surface area contributed by atoms with Crippen LogP contribution < -0.4 is 4.74 Å². The molecule has 0 saturated carbocycles. The molecule has 1 N–H and O–H groups in total. The van der Waals surface area contributed by atoms with Gasteiger partial charge in [-0.3, -0.25) is 0 Å². The van der Waals surface area contributed by atoms with Crippen molar-refractivity contribution >= 4 is 23.9 Å². The number of hydrogen-bond donors (Lipinski definition) is 1. The second-order valence-corrected chi connectivity index (χ2v) is 4.73. The Balaban J connectivity index is 2.13. The maximum Gasteiger partial charge on any atom is 0.386 e. The Morgan fingerprint density at radius 3 is 2.00 bits per heavy atom. The van der Waals surface area contributed by atoms with Gasteiger partial charge in [0.15, 0.2) is 0 Å². The number of fused-ring (bicyclic) bond motifs is 4. The lowest BCUT2D eigenvalue weighted by atomic mass is 10.1. The number of carbonyl (C=O) groups excluding carboxylic acids is 3. The van der Waals surface area contributed by atoms with Gasteiger partial charge in [-0.25, -0.2) is 29.0 Å². The molecule has 8 nitrogen and oxygen atoms in total. The normalized spacial score (nSPS) is 13.8. The molecule has 3 rings (SSSR count). The lowest BCUT2D eigenvalue weighted by molar-refractivity contribution is -0.187. The first-order chi connectivity index (χ1) is 11.5. The summed E-state index contributed by atoms with van der Waals surface area (Å²) >= 11 is 0. The molecule has 0 aromatic heterocycles. The van der Waals surface area contributed by atoms with Gasteiger partial charge in [0.2, 0.25) is 0 Å². The number of esters is 1. The zero-order chi connectivity index (χ0) is 17.3. The number of carboxylic acids is 1. The molecule has 120 valence electrons. The standard InChI is InChI=1S/C16H8O8/c17-13(18)11-5-4-10-7-12(11)22-14(19)8-2-1-3-9(6-8)15(20)23-24-16(10)21/h1-7H,(H,17,18). The number of aromatic carboxylic acids is 1. The van der Waals surface area contributed by atoms with Crippen LogP contribution in [0.2, 0.25) is 0 Å². The Kier molecular flexibility index (Phi) is 3.70. The van der Waals surface area contributed by atoms with Crippen LogP contribution >= 0.6 is 0 Å². The van der Waals surface area contributed by atoms with Crippen LogP contribution in [0, 0.1) is 0 Å². The zero-order valence-electron chi connectivity index (χ0n) is 11.8. The molecule has 0 spiro atoms. The van der Waals surface area contributed by atoms with E-state index >= 15 is 0 Å². The second kappa shape index (κ2) is 5.84. The van der Waals surface area contributed by atoms with Gasteiger partial charge in [0.25, 0.3) is 0 Å². The second-order valence-electron chi connectivity index (χ2n) is 4.73. The predicted molar refractivity (Wildman–Crippen MR) is 75.6 cm³/mol. The van der Waals surface area contributed by atoms with Crippen LogP contribution in [0.4, 0.5) is 0 Å². The summed E-state index contributed by atoms with van der Waals surface area (Å²) in [6.45, 7) is 0. The lowest BCUT2D eigenvalue weighted by Gasteiger charge is -2.11. The van der Waals surface area contributed by atoms with Crippen molar-refractivity contribution in [2.45, 2.75) is 0 Å². The minimum absolute atomic E-state index is 0.00177. The lowest BCUT2D eigenvalue weighted by Crippen LogP contribution is -2.17. The Bertz CT molecular complexity index is 883. The highest BCUT2D eigenvalue weighted by molar-refractivity contribution is 6.00. The number of ether oxygens (including phenoxy) is 1. The van der Waals surface area contributed by atoms with Gasteiger partial charge in [-0.15, -0.1) is 0 Å². The van der Waals surface area contributed by atoms with Gasteiger partial charge in [0.1, 0.15) is 11.3 Å². The summed E-state index contributed by atoms with van der Waals surface area (Å²) in [5.74, 6) is -4.59. The van der Waals surface area contributed by atoms with Crippen molar-refractivity contribution in [1.82, 2.24) is 0 Å². The van der Waals surface area contributed by atoms with E-state index in [0.717, 1.165) is 18.2 Å². The molecule has 24 heavy (non-hydrogen) atoms. The van der Waals surface area contributed by atoms with Gasteiger partial charge in [0, 0.05) is 0 Å². The van der Waals surface area contributed by atoms with Crippen LogP contribution in [0.5, 0.6) is 5.75 Å². The molecule has 0 unspecified atom stereocenters. The Hall–Kier alpha value is -3.68. The van der Waals surface area contributed by atoms with Gasteiger partial charge >= 0.3 is 23.9 Å². The molecule has 0 aliphatic carbocycles. The van der Waals surface area contributed by atoms with Crippen molar-refractivity contribution in [1.29, 1.82) is 0 Å². The number of benzene rings is 2. The minimum atomic E-state index is -1.34. The van der Waals surface area contributed by atoms with Crippen LogP contribution in [-0.2, 0) is 9.78 Å². The van der Waals surface area contributed by atoms with Crippen molar-refractivity contribution in [2.24, 2.45) is 0 Å². The molecule has 0 amide bonds. The van der Waals surface area contributed by atoms with Crippen molar-refractivity contribution in [3.05, 3.63) is 64.7 Å². The molecule has 1 aliphatic rings. The highest BCUT2D eigenvalue weighted by Gasteiger charge is 2.22. The smallest absolute Gasteiger partial charge is 0.386 e. The molecular weight excluding hydrogens is 320 g/mol. The van der Waals surface area contributed by atoms with E-state index in [1.807, 2.05) is 0 Å². The van der Waals surface area contributed by atoms with Crippen molar-refractivity contribution in [3.63, 3.8) is 0 Å². The first kappa shape index (κ1) is 15.2. The first-order valence-corrected chi connectivity index (χ1v) is 6.58. The molecule has 1 heterocycles. The third kappa shape index (κ3) is 2.80. The summed E-state index contributed by atoms with van der Waals surface area (Å²) in [5.41, 5.74) is -0.511. The van der Waals surface area contributed by atoms with Gasteiger partial charge in [-0.2, -0.15) is 0 Å². The largest absolute Gasteiger partial charge is 0.478 e. The van der Waals surface area contributed by atoms with Crippen LogP contribution in [0.25, 0.3) is 0 Å². The van der Waals surface area contributed by atoms with Crippen LogP contribution in [0.1, 0.15) is 41.4 Å². The predicted octanol–water partition coefficient (Wildman–Crippen LogP) is 1.85. The third-order valence-corrected chi connectivity index (χ3v) is 3.18. The number of rotatable bonds is 1. The van der Waals surface area contributed by atoms with Gasteiger partial charge < -0.3 is 9.84 Å². The van der Waals surface area contributed by atoms with E-state index < -0.39 is 23.9 Å². The van der Waals surface area contributed by atoms with E-state index in [2.05, 4.69) is 9.78 Å². The minimum Gasteiger partial charge on any atom is -0.478 e. The summed E-state index contributed by atoms with van der Waals surface area (Å²) in [7, 11) is 0. The molecule has 4 bridgehead atoms. The van der Waals surface area contributed by atoms with Crippen LogP contribution in [-0.4, -0.2) is 29.0 Å². The monoisotopic (exact) mass is 328 g/mol. The summed E-state index contributed by atoms with van der Waals surface area (Å²) in [4.78, 5) is 55.9. The van der Waals surface area contributed by atoms with E-state index in [-0.39, 0.29) is 28.0 Å². The third-order valence-electron chi connectivity index (χ3n) is 3.18. The maximum atomic E-state index is 12.2. The molecule has 0 fully saturated rings. The van der Waals surface area contributed by atoms with E-state index in [0.29, 0.717) is 0 Å². The van der Waals surface area contributed by atoms with Crippen molar-refractivity contribution in [2.75, 3.05) is 0 Å². The molecule has 8 heteroatoms. The van der Waals surface area contributed by atoms with Crippen molar-refractivity contribution < 1.29 is 38.8 Å². The van der Waals surface area contributed by atoms with E-state index in [1.54, 1.807) is 0 Å². The van der Waals surface area contributed by atoms with E-state index in [9.17, 15) is 19.2 Å². The SMILES string of the molecule is O=C1OOC(=O)c2ccc(C(=O)O)c(c2)OC(=O)c2cccc1c2. The fourth-order valence-electron chi connectivity index (χ4n) is 2.01. The quantitative estimate of drug-likeness (QED) is 0.479. The average Bonchev–Trinajstić information content (AvgIpc) is 2.58. The van der Waals surface area contributed by atoms with Crippen LogP contribution in [0.3, 0.4) is 0 Å². The summed E-state index contributed by atoms with van der Waals surface area (Å²) in [6.07, 6.45) is 0. The molecular formula is C16H8O8. The zero-order valence-corrected chi connectivity index (χ0v) is 11.8. The molecule has 2 aromatic carbocycles. The van der Waals surface area contributed by atoms with Crippen molar-refractivity contribution in [3.8, 4) is 5.75 Å². The van der Waals surface area contributed by atoms with Gasteiger partial charge in [0.05, 0.1) is 16.7 Å². The molecule has 2 aromatic rings. The summed E-state index contributed by atoms with van der Waals surface area (Å²) in [6, 6.07) is 8.53. The highest BCUT2D eigenvalue weighted by Crippen LogP contribution is 2.23.